The van der Waals surface area contributed by atoms with E-state index in [0.717, 1.165) is 0 Å². The number of rotatable bonds is 3. The van der Waals surface area contributed by atoms with Crippen LogP contribution in [0.2, 0.25) is 0 Å². The van der Waals surface area contributed by atoms with Crippen molar-refractivity contribution in [1.82, 2.24) is 0 Å². The van der Waals surface area contributed by atoms with Gasteiger partial charge in [0, 0.05) is 6.07 Å². The van der Waals surface area contributed by atoms with Crippen LogP contribution in [0.15, 0.2) is 24.3 Å². The van der Waals surface area contributed by atoms with Crippen LogP contribution < -0.4 is 4.74 Å². The van der Waals surface area contributed by atoms with Crippen LogP contribution in [0.1, 0.15) is 0 Å². The average molecular weight is 271 g/mol. The summed E-state index contributed by atoms with van der Waals surface area (Å²) in [4.78, 5) is 10.0. The number of nitrogens with zero attached hydrogens (tertiary/aromatic N) is 1. The topological polar surface area (TPSA) is 122 Å². The van der Waals surface area contributed by atoms with Crippen LogP contribution in [0, 0.1) is 10.1 Å². The van der Waals surface area contributed by atoms with Crippen molar-refractivity contribution in [2.75, 3.05) is 6.61 Å². The summed E-state index contributed by atoms with van der Waals surface area (Å²) in [7, 11) is 0. The van der Waals surface area contributed by atoms with Crippen molar-refractivity contribution in [3.63, 3.8) is 0 Å². The highest BCUT2D eigenvalue weighted by Gasteiger charge is 2.39. The quantitative estimate of drug-likeness (QED) is 0.496. The van der Waals surface area contributed by atoms with Crippen LogP contribution in [-0.4, -0.2) is 51.5 Å². The molecule has 0 bridgehead atoms. The van der Waals surface area contributed by atoms with Crippen LogP contribution in [0.4, 0.5) is 5.69 Å². The fourth-order valence-electron chi connectivity index (χ4n) is 1.69. The zero-order valence-electron chi connectivity index (χ0n) is 9.75. The van der Waals surface area contributed by atoms with Crippen molar-refractivity contribution in [3.05, 3.63) is 34.4 Å². The molecule has 1 fully saturated rings. The van der Waals surface area contributed by atoms with Gasteiger partial charge < -0.3 is 24.8 Å². The zero-order chi connectivity index (χ0) is 14.0. The van der Waals surface area contributed by atoms with Crippen molar-refractivity contribution in [3.8, 4) is 5.75 Å². The largest absolute Gasteiger partial charge is 0.462 e. The maximum Gasteiger partial charge on any atom is 0.273 e. The van der Waals surface area contributed by atoms with Gasteiger partial charge in [-0.25, -0.2) is 0 Å². The fourth-order valence-corrected chi connectivity index (χ4v) is 1.69. The van der Waals surface area contributed by atoms with E-state index in [9.17, 15) is 25.4 Å². The van der Waals surface area contributed by atoms with Gasteiger partial charge in [0.1, 0.15) is 24.1 Å². The van der Waals surface area contributed by atoms with E-state index < -0.39 is 29.5 Å². The van der Waals surface area contributed by atoms with E-state index in [1.165, 1.54) is 24.3 Å². The van der Waals surface area contributed by atoms with Gasteiger partial charge in [-0.2, -0.15) is 0 Å². The summed E-state index contributed by atoms with van der Waals surface area (Å²) in [5.41, 5.74) is -0.164. The van der Waals surface area contributed by atoms with Crippen molar-refractivity contribution < 1.29 is 29.7 Å². The maximum absolute atomic E-state index is 10.6. The molecule has 1 aliphatic rings. The molecule has 0 radical (unpaired) electrons. The highest BCUT2D eigenvalue weighted by atomic mass is 16.7. The first-order chi connectivity index (χ1) is 8.99. The van der Waals surface area contributed by atoms with Crippen molar-refractivity contribution in [2.45, 2.75) is 24.6 Å². The lowest BCUT2D eigenvalue weighted by Gasteiger charge is -2.34. The van der Waals surface area contributed by atoms with Gasteiger partial charge in [0.2, 0.25) is 6.29 Å². The molecule has 4 atom stereocenters. The Morgan fingerprint density at radius 2 is 2.05 bits per heavy atom. The Morgan fingerprint density at radius 1 is 1.32 bits per heavy atom. The molecule has 1 heterocycles. The minimum Gasteiger partial charge on any atom is -0.462 e. The van der Waals surface area contributed by atoms with E-state index in [2.05, 4.69) is 0 Å². The molecule has 8 nitrogen and oxygen atoms in total. The second-order valence-corrected chi connectivity index (χ2v) is 4.12. The standard InChI is InChI=1S/C11H13NO7/c13-8-5-18-11(10(15)9(8)14)19-7-3-1-2-6(4-7)12(16)17/h1-4,8-11,13-15H,5H2/t8-,9+,10-,11-/m1/s1. The van der Waals surface area contributed by atoms with E-state index in [1.807, 2.05) is 0 Å². The zero-order valence-corrected chi connectivity index (χ0v) is 9.75. The van der Waals surface area contributed by atoms with Crippen LogP contribution in [0.5, 0.6) is 5.75 Å². The molecule has 0 unspecified atom stereocenters. The van der Waals surface area contributed by atoms with E-state index in [-0.39, 0.29) is 18.0 Å². The third kappa shape index (κ3) is 2.99. The first-order valence-electron chi connectivity index (χ1n) is 5.56. The third-order valence-electron chi connectivity index (χ3n) is 2.73. The van der Waals surface area contributed by atoms with Crippen LogP contribution >= 0.6 is 0 Å². The molecule has 3 N–H and O–H groups in total. The molecule has 0 amide bonds. The highest BCUT2D eigenvalue weighted by Crippen LogP contribution is 2.23. The van der Waals surface area contributed by atoms with Crippen molar-refractivity contribution >= 4 is 5.69 Å². The molecule has 8 heteroatoms. The number of nitro groups is 1. The Morgan fingerprint density at radius 3 is 2.74 bits per heavy atom. The molecular formula is C11H13NO7. The summed E-state index contributed by atoms with van der Waals surface area (Å²) in [6, 6.07) is 5.35. The van der Waals surface area contributed by atoms with E-state index in [1.54, 1.807) is 0 Å². The molecule has 2 rings (SSSR count). The summed E-state index contributed by atoms with van der Waals surface area (Å²) in [5.74, 6) is 0.127. The predicted octanol–water partition coefficient (Wildman–Crippen LogP) is -0.587. The summed E-state index contributed by atoms with van der Waals surface area (Å²) in [5, 5.41) is 39.0. The minimum atomic E-state index is -1.44. The molecule has 19 heavy (non-hydrogen) atoms. The predicted molar refractivity (Wildman–Crippen MR) is 61.5 cm³/mol. The summed E-state index contributed by atoms with van der Waals surface area (Å²) < 4.78 is 10.3. The Balaban J connectivity index is 2.09. The second-order valence-electron chi connectivity index (χ2n) is 4.12. The van der Waals surface area contributed by atoms with Crippen molar-refractivity contribution in [1.29, 1.82) is 0 Å². The van der Waals surface area contributed by atoms with Crippen molar-refractivity contribution in [2.24, 2.45) is 0 Å². The highest BCUT2D eigenvalue weighted by molar-refractivity contribution is 5.38. The first kappa shape index (κ1) is 13.7. The lowest BCUT2D eigenvalue weighted by molar-refractivity contribution is -0.385. The van der Waals surface area contributed by atoms with Gasteiger partial charge in [-0.15, -0.1) is 0 Å². The van der Waals surface area contributed by atoms with Crippen LogP contribution in [0.25, 0.3) is 0 Å². The molecule has 1 aromatic carbocycles. The van der Waals surface area contributed by atoms with E-state index in [0.29, 0.717) is 0 Å². The van der Waals surface area contributed by atoms with Crippen LogP contribution in [0.3, 0.4) is 0 Å². The molecule has 1 saturated heterocycles. The fraction of sp³-hybridized carbons (Fsp3) is 0.455. The average Bonchev–Trinajstić information content (AvgIpc) is 2.40. The lowest BCUT2D eigenvalue weighted by Crippen LogP contribution is -2.54. The number of aliphatic hydroxyl groups excluding tert-OH is 3. The van der Waals surface area contributed by atoms with Gasteiger partial charge in [-0.3, -0.25) is 10.1 Å². The molecular weight excluding hydrogens is 258 g/mol. The second kappa shape index (κ2) is 5.49. The van der Waals surface area contributed by atoms with Gasteiger partial charge >= 0.3 is 0 Å². The van der Waals surface area contributed by atoms with E-state index >= 15 is 0 Å². The molecule has 1 aromatic rings. The molecule has 0 spiro atoms. The SMILES string of the molecule is O=[N+]([O-])c1cccc(O[C@H]2OC[C@@H](O)[C@H](O)[C@H]2O)c1. The van der Waals surface area contributed by atoms with Gasteiger partial charge in [0.15, 0.2) is 0 Å². The number of ether oxygens (including phenoxy) is 2. The molecule has 0 saturated carbocycles. The molecule has 1 aliphatic heterocycles. The number of hydrogen-bond donors (Lipinski definition) is 3. The monoisotopic (exact) mass is 271 g/mol. The lowest BCUT2D eigenvalue weighted by atomic mass is 10.1. The molecule has 0 aliphatic carbocycles. The van der Waals surface area contributed by atoms with E-state index in [4.69, 9.17) is 9.47 Å². The molecule has 0 aromatic heterocycles. The van der Waals surface area contributed by atoms with Gasteiger partial charge in [-0.1, -0.05) is 6.07 Å². The smallest absolute Gasteiger partial charge is 0.273 e. The number of aliphatic hydroxyl groups is 3. The maximum atomic E-state index is 10.6. The normalized spacial score (nSPS) is 30.9. The summed E-state index contributed by atoms with van der Waals surface area (Å²) in [6.45, 7) is -0.197. The number of hydrogen-bond acceptors (Lipinski definition) is 7. The Bertz CT molecular complexity index is 466. The summed E-state index contributed by atoms with van der Waals surface area (Å²) >= 11 is 0. The summed E-state index contributed by atoms with van der Waals surface area (Å²) in [6.07, 6.45) is -5.22. The van der Waals surface area contributed by atoms with Gasteiger partial charge in [0.25, 0.3) is 5.69 Å². The van der Waals surface area contributed by atoms with Crippen LogP contribution in [-0.2, 0) is 4.74 Å². The minimum absolute atomic E-state index is 0.127. The van der Waals surface area contributed by atoms with Gasteiger partial charge in [-0.05, 0) is 6.07 Å². The Labute approximate surface area is 108 Å². The van der Waals surface area contributed by atoms with Gasteiger partial charge in [0.05, 0.1) is 17.6 Å². The number of benzene rings is 1. The number of non-ortho nitro benzene ring substituents is 1. The Hall–Kier alpha value is -1.74. The Kier molecular flexibility index (Phi) is 3.96. The molecule has 104 valence electrons. The first-order valence-corrected chi connectivity index (χ1v) is 5.56. The number of nitro benzene ring substituents is 1. The third-order valence-corrected chi connectivity index (χ3v) is 2.73.